The predicted molar refractivity (Wildman–Crippen MR) is 48.5 cm³/mol. The minimum absolute atomic E-state index is 0.278. The molecular weight excluding hydrogens is 190 g/mol. The number of methoxy groups -OCH3 is 1. The highest BCUT2D eigenvalue weighted by atomic mass is 19.3. The van der Waals surface area contributed by atoms with Gasteiger partial charge in [-0.05, 0) is 6.07 Å². The smallest absolute Gasteiger partial charge is 0.265 e. The van der Waals surface area contributed by atoms with E-state index in [4.69, 9.17) is 10.5 Å². The molecule has 0 bridgehead atoms. The predicted octanol–water partition coefficient (Wildman–Crippen LogP) is 1.23. The zero-order chi connectivity index (χ0) is 10.6. The van der Waals surface area contributed by atoms with Crippen molar-refractivity contribution >= 4 is 0 Å². The Morgan fingerprint density at radius 2 is 2.21 bits per heavy atom. The largest absolute Gasteiger partial charge is 0.481 e. The lowest BCUT2D eigenvalue weighted by Crippen LogP contribution is -2.30. The Bertz CT molecular complexity index is 305. The van der Waals surface area contributed by atoms with Gasteiger partial charge in [-0.15, -0.1) is 0 Å². The fourth-order valence-corrected chi connectivity index (χ4v) is 1.01. The van der Waals surface area contributed by atoms with Gasteiger partial charge in [-0.3, -0.25) is 0 Å². The summed E-state index contributed by atoms with van der Waals surface area (Å²) >= 11 is 0. The number of halogens is 2. The van der Waals surface area contributed by atoms with Gasteiger partial charge in [-0.1, -0.05) is 6.07 Å². The fraction of sp³-hybridized carbons (Fsp3) is 0.444. The number of ether oxygens (including phenoxy) is 1. The maximum Gasteiger partial charge on any atom is 0.265 e. The first kappa shape index (κ1) is 10.8. The van der Waals surface area contributed by atoms with Gasteiger partial charge in [0.2, 0.25) is 5.88 Å². The number of hydrogen-bond donors (Lipinski definition) is 1. The van der Waals surface area contributed by atoms with E-state index < -0.39 is 18.9 Å². The zero-order valence-electron chi connectivity index (χ0n) is 7.84. The van der Waals surface area contributed by atoms with Crippen LogP contribution in [0, 0.1) is 0 Å². The lowest BCUT2D eigenvalue weighted by molar-refractivity contribution is 0.0105. The second kappa shape index (κ2) is 4.32. The molecule has 1 heterocycles. The molecule has 0 saturated carbocycles. The molecule has 0 radical (unpaired) electrons. The molecule has 5 heteroatoms. The SMILES string of the molecule is COc1cccc(CC(F)(F)CN)n1. The van der Waals surface area contributed by atoms with Crippen LogP contribution >= 0.6 is 0 Å². The van der Waals surface area contributed by atoms with Gasteiger partial charge in [0, 0.05) is 6.07 Å². The molecule has 0 spiro atoms. The van der Waals surface area contributed by atoms with Crippen molar-refractivity contribution in [2.75, 3.05) is 13.7 Å². The quantitative estimate of drug-likeness (QED) is 0.798. The van der Waals surface area contributed by atoms with E-state index in [0.717, 1.165) is 0 Å². The molecular formula is C9H12F2N2O. The van der Waals surface area contributed by atoms with Crippen LogP contribution in [0.2, 0.25) is 0 Å². The zero-order valence-corrected chi connectivity index (χ0v) is 7.84. The molecule has 0 aromatic carbocycles. The first-order chi connectivity index (χ1) is 6.57. The average molecular weight is 202 g/mol. The number of pyridine rings is 1. The van der Waals surface area contributed by atoms with Crippen LogP contribution in [0.25, 0.3) is 0 Å². The van der Waals surface area contributed by atoms with E-state index in [2.05, 4.69) is 4.98 Å². The van der Waals surface area contributed by atoms with Crippen LogP contribution in [0.15, 0.2) is 18.2 Å². The molecule has 14 heavy (non-hydrogen) atoms. The highest BCUT2D eigenvalue weighted by Crippen LogP contribution is 2.18. The van der Waals surface area contributed by atoms with Crippen molar-refractivity contribution in [2.45, 2.75) is 12.3 Å². The number of rotatable bonds is 4. The van der Waals surface area contributed by atoms with Gasteiger partial charge >= 0.3 is 0 Å². The first-order valence-corrected chi connectivity index (χ1v) is 4.15. The summed E-state index contributed by atoms with van der Waals surface area (Å²) in [6.07, 6.45) is -0.458. The molecule has 1 rings (SSSR count). The Hall–Kier alpha value is -1.23. The van der Waals surface area contributed by atoms with Gasteiger partial charge in [-0.2, -0.15) is 0 Å². The van der Waals surface area contributed by atoms with Gasteiger partial charge in [-0.25, -0.2) is 13.8 Å². The van der Waals surface area contributed by atoms with Gasteiger partial charge in [0.15, 0.2) is 0 Å². The van der Waals surface area contributed by atoms with Crippen LogP contribution in [0.1, 0.15) is 5.69 Å². The van der Waals surface area contributed by atoms with E-state index in [9.17, 15) is 8.78 Å². The Morgan fingerprint density at radius 1 is 1.50 bits per heavy atom. The van der Waals surface area contributed by atoms with Gasteiger partial charge < -0.3 is 10.5 Å². The average Bonchev–Trinajstić information content (AvgIpc) is 2.17. The fourth-order valence-electron chi connectivity index (χ4n) is 1.01. The Balaban J connectivity index is 2.76. The normalized spacial score (nSPS) is 11.4. The molecule has 0 saturated heterocycles. The minimum Gasteiger partial charge on any atom is -0.481 e. The van der Waals surface area contributed by atoms with E-state index in [-0.39, 0.29) is 5.69 Å². The van der Waals surface area contributed by atoms with Crippen LogP contribution in [0.4, 0.5) is 8.78 Å². The van der Waals surface area contributed by atoms with Crippen LogP contribution in [-0.4, -0.2) is 24.6 Å². The monoisotopic (exact) mass is 202 g/mol. The third-order valence-corrected chi connectivity index (χ3v) is 1.73. The second-order valence-electron chi connectivity index (χ2n) is 2.91. The summed E-state index contributed by atoms with van der Waals surface area (Å²) < 4.78 is 30.6. The molecule has 0 aliphatic heterocycles. The van der Waals surface area contributed by atoms with Crippen molar-refractivity contribution in [1.29, 1.82) is 0 Å². The standard InChI is InChI=1S/C9H12F2N2O/c1-14-8-4-2-3-7(13-8)5-9(10,11)6-12/h2-4H,5-6,12H2,1H3. The van der Waals surface area contributed by atoms with Crippen molar-refractivity contribution in [2.24, 2.45) is 5.73 Å². The summed E-state index contributed by atoms with van der Waals surface area (Å²) in [7, 11) is 1.44. The van der Waals surface area contributed by atoms with Gasteiger partial charge in [0.05, 0.1) is 25.8 Å². The Labute approximate surface area is 80.9 Å². The summed E-state index contributed by atoms with van der Waals surface area (Å²) in [4.78, 5) is 3.87. The molecule has 1 aromatic rings. The van der Waals surface area contributed by atoms with Crippen molar-refractivity contribution in [1.82, 2.24) is 4.98 Å². The Morgan fingerprint density at radius 3 is 2.79 bits per heavy atom. The summed E-state index contributed by atoms with van der Waals surface area (Å²) in [5.41, 5.74) is 5.19. The van der Waals surface area contributed by atoms with Crippen molar-refractivity contribution in [3.8, 4) is 5.88 Å². The van der Waals surface area contributed by atoms with Crippen LogP contribution < -0.4 is 10.5 Å². The van der Waals surface area contributed by atoms with Crippen molar-refractivity contribution in [3.63, 3.8) is 0 Å². The Kier molecular flexibility index (Phi) is 3.35. The summed E-state index contributed by atoms with van der Waals surface area (Å²) in [6, 6.07) is 4.74. The minimum atomic E-state index is -2.90. The molecule has 0 aliphatic rings. The van der Waals surface area contributed by atoms with E-state index in [1.807, 2.05) is 0 Å². The summed E-state index contributed by atoms with van der Waals surface area (Å²) in [6.45, 7) is -0.675. The van der Waals surface area contributed by atoms with Crippen LogP contribution in [0.5, 0.6) is 5.88 Å². The lowest BCUT2D eigenvalue weighted by Gasteiger charge is -2.13. The second-order valence-corrected chi connectivity index (χ2v) is 2.91. The third kappa shape index (κ3) is 2.92. The maximum atomic E-state index is 12.9. The number of alkyl halides is 2. The molecule has 0 aliphatic carbocycles. The molecule has 78 valence electrons. The highest BCUT2D eigenvalue weighted by molar-refractivity contribution is 5.16. The van der Waals surface area contributed by atoms with Crippen LogP contribution in [0.3, 0.4) is 0 Å². The highest BCUT2D eigenvalue weighted by Gasteiger charge is 2.27. The van der Waals surface area contributed by atoms with Crippen molar-refractivity contribution in [3.05, 3.63) is 23.9 Å². The summed E-state index contributed by atoms with van der Waals surface area (Å²) in [5, 5.41) is 0. The van der Waals surface area contributed by atoms with Gasteiger partial charge in [0.1, 0.15) is 0 Å². The van der Waals surface area contributed by atoms with E-state index >= 15 is 0 Å². The third-order valence-electron chi connectivity index (χ3n) is 1.73. The van der Waals surface area contributed by atoms with E-state index in [1.54, 1.807) is 12.1 Å². The van der Waals surface area contributed by atoms with Crippen LogP contribution in [-0.2, 0) is 6.42 Å². The topological polar surface area (TPSA) is 48.1 Å². The van der Waals surface area contributed by atoms with E-state index in [0.29, 0.717) is 5.88 Å². The van der Waals surface area contributed by atoms with Gasteiger partial charge in [0.25, 0.3) is 5.92 Å². The molecule has 2 N–H and O–H groups in total. The lowest BCUT2D eigenvalue weighted by atomic mass is 10.1. The molecule has 1 aromatic heterocycles. The number of aromatic nitrogens is 1. The maximum absolute atomic E-state index is 12.9. The number of nitrogens with two attached hydrogens (primary N) is 1. The number of hydrogen-bond acceptors (Lipinski definition) is 3. The molecule has 0 unspecified atom stereocenters. The van der Waals surface area contributed by atoms with Crippen molar-refractivity contribution < 1.29 is 13.5 Å². The molecule has 0 fully saturated rings. The molecule has 0 atom stereocenters. The summed E-state index contributed by atoms with van der Waals surface area (Å²) in [5.74, 6) is -2.57. The first-order valence-electron chi connectivity index (χ1n) is 4.15. The molecule has 0 amide bonds. The number of nitrogens with zero attached hydrogens (tertiary/aromatic N) is 1. The molecule has 3 nitrogen and oxygen atoms in total. The van der Waals surface area contributed by atoms with E-state index in [1.165, 1.54) is 13.2 Å².